The summed E-state index contributed by atoms with van der Waals surface area (Å²) in [5.74, 6) is 0. The predicted octanol–water partition coefficient (Wildman–Crippen LogP) is 4.33. The van der Waals surface area contributed by atoms with E-state index >= 15 is 0 Å². The second-order valence-electron chi connectivity index (χ2n) is 2.91. The molecule has 0 aliphatic heterocycles. The van der Waals surface area contributed by atoms with Crippen molar-refractivity contribution in [2.24, 2.45) is 0 Å². The van der Waals surface area contributed by atoms with Crippen molar-refractivity contribution < 1.29 is 0 Å². The first kappa shape index (κ1) is 11.7. The zero-order chi connectivity index (χ0) is 9.84. The van der Waals surface area contributed by atoms with Gasteiger partial charge in [0.05, 0.1) is 7.57 Å². The Balaban J connectivity index is 2.83. The molecule has 0 saturated heterocycles. The Kier molecular flexibility index (Phi) is 4.94. The summed E-state index contributed by atoms with van der Waals surface area (Å²) in [5, 5.41) is 3.33. The summed E-state index contributed by atoms with van der Waals surface area (Å²) in [6, 6.07) is 2.66. The zero-order valence-electron chi connectivity index (χ0n) is 7.73. The molecule has 0 bridgehead atoms. The molecular formula is C9H13Br2NS. The van der Waals surface area contributed by atoms with Crippen LogP contribution in [-0.4, -0.2) is 7.05 Å². The Morgan fingerprint density at radius 2 is 2.23 bits per heavy atom. The molecule has 0 spiro atoms. The molecule has 0 radical (unpaired) electrons. The fourth-order valence-electron chi connectivity index (χ4n) is 1.33. The summed E-state index contributed by atoms with van der Waals surface area (Å²) in [5.41, 5.74) is 1.36. The molecule has 4 heteroatoms. The molecule has 1 heterocycles. The highest BCUT2D eigenvalue weighted by Crippen LogP contribution is 2.36. The van der Waals surface area contributed by atoms with E-state index in [2.05, 4.69) is 50.2 Å². The molecular weight excluding hydrogens is 314 g/mol. The highest BCUT2D eigenvalue weighted by molar-refractivity contribution is 9.12. The van der Waals surface area contributed by atoms with Crippen molar-refractivity contribution in [2.45, 2.75) is 25.8 Å². The van der Waals surface area contributed by atoms with E-state index in [0.717, 1.165) is 0 Å². The van der Waals surface area contributed by atoms with Crippen LogP contribution in [0.15, 0.2) is 13.6 Å². The van der Waals surface area contributed by atoms with E-state index in [9.17, 15) is 0 Å². The van der Waals surface area contributed by atoms with Gasteiger partial charge < -0.3 is 5.32 Å². The van der Waals surface area contributed by atoms with Crippen molar-refractivity contribution in [1.82, 2.24) is 5.32 Å². The first-order chi connectivity index (χ1) is 6.19. The van der Waals surface area contributed by atoms with Crippen LogP contribution in [0, 0.1) is 0 Å². The second-order valence-corrected chi connectivity index (χ2v) is 6.66. The summed E-state index contributed by atoms with van der Waals surface area (Å²) >= 11 is 8.80. The van der Waals surface area contributed by atoms with Crippen LogP contribution in [0.4, 0.5) is 0 Å². The van der Waals surface area contributed by atoms with E-state index in [1.54, 1.807) is 11.3 Å². The Hall–Kier alpha value is 0.620. The van der Waals surface area contributed by atoms with Gasteiger partial charge in [-0.3, -0.25) is 0 Å². The van der Waals surface area contributed by atoms with Gasteiger partial charge in [0.1, 0.15) is 0 Å². The SMILES string of the molecule is CCCC(NC)c1cc(Br)sc1Br. The lowest BCUT2D eigenvalue weighted by molar-refractivity contribution is 0.541. The first-order valence-electron chi connectivity index (χ1n) is 4.31. The number of nitrogens with one attached hydrogen (secondary N) is 1. The predicted molar refractivity (Wildman–Crippen MR) is 66.4 cm³/mol. The van der Waals surface area contributed by atoms with Crippen molar-refractivity contribution in [3.05, 3.63) is 19.2 Å². The molecule has 1 aromatic heterocycles. The lowest BCUT2D eigenvalue weighted by atomic mass is 10.1. The fraction of sp³-hybridized carbons (Fsp3) is 0.556. The maximum Gasteiger partial charge on any atom is 0.0758 e. The van der Waals surface area contributed by atoms with E-state index < -0.39 is 0 Å². The third-order valence-corrected chi connectivity index (χ3v) is 4.37. The molecule has 13 heavy (non-hydrogen) atoms. The zero-order valence-corrected chi connectivity index (χ0v) is 11.7. The lowest BCUT2D eigenvalue weighted by Crippen LogP contribution is -2.15. The quantitative estimate of drug-likeness (QED) is 0.868. The van der Waals surface area contributed by atoms with Gasteiger partial charge in [-0.05, 0) is 57.0 Å². The van der Waals surface area contributed by atoms with Gasteiger partial charge >= 0.3 is 0 Å². The van der Waals surface area contributed by atoms with Gasteiger partial charge in [-0.15, -0.1) is 11.3 Å². The summed E-state index contributed by atoms with van der Waals surface area (Å²) in [4.78, 5) is 0. The van der Waals surface area contributed by atoms with E-state index in [1.807, 2.05) is 7.05 Å². The van der Waals surface area contributed by atoms with Crippen molar-refractivity contribution in [3.8, 4) is 0 Å². The molecule has 1 unspecified atom stereocenters. The van der Waals surface area contributed by atoms with Gasteiger partial charge in [-0.2, -0.15) is 0 Å². The Morgan fingerprint density at radius 1 is 1.54 bits per heavy atom. The molecule has 0 amide bonds. The first-order valence-corrected chi connectivity index (χ1v) is 6.71. The van der Waals surface area contributed by atoms with Gasteiger partial charge in [-0.1, -0.05) is 13.3 Å². The third kappa shape index (κ3) is 3.05. The molecule has 0 saturated carbocycles. The van der Waals surface area contributed by atoms with E-state index in [1.165, 1.54) is 26.0 Å². The third-order valence-electron chi connectivity index (χ3n) is 1.98. The van der Waals surface area contributed by atoms with Crippen LogP contribution in [-0.2, 0) is 0 Å². The lowest BCUT2D eigenvalue weighted by Gasteiger charge is -2.14. The maximum atomic E-state index is 3.58. The van der Waals surface area contributed by atoms with Crippen LogP contribution in [0.5, 0.6) is 0 Å². The summed E-state index contributed by atoms with van der Waals surface area (Å²) in [6.07, 6.45) is 2.38. The van der Waals surface area contributed by atoms with Crippen molar-refractivity contribution in [3.63, 3.8) is 0 Å². The number of hydrogen-bond acceptors (Lipinski definition) is 2. The van der Waals surface area contributed by atoms with Crippen LogP contribution in [0.25, 0.3) is 0 Å². The van der Waals surface area contributed by atoms with Crippen LogP contribution in [0.1, 0.15) is 31.4 Å². The Bertz CT molecular complexity index is 273. The average Bonchev–Trinajstić information content (AvgIpc) is 2.41. The topological polar surface area (TPSA) is 12.0 Å². The normalized spacial score (nSPS) is 13.2. The van der Waals surface area contributed by atoms with Crippen LogP contribution in [0.3, 0.4) is 0 Å². The molecule has 1 nitrogen and oxygen atoms in total. The smallest absolute Gasteiger partial charge is 0.0758 e. The highest BCUT2D eigenvalue weighted by Gasteiger charge is 2.14. The monoisotopic (exact) mass is 325 g/mol. The molecule has 1 N–H and O–H groups in total. The van der Waals surface area contributed by atoms with Crippen LogP contribution >= 0.6 is 43.2 Å². The Labute approximate surface area is 100 Å². The minimum Gasteiger partial charge on any atom is -0.313 e. The van der Waals surface area contributed by atoms with E-state index in [-0.39, 0.29) is 0 Å². The number of thiophene rings is 1. The van der Waals surface area contributed by atoms with E-state index in [0.29, 0.717) is 6.04 Å². The molecule has 0 aliphatic rings. The van der Waals surface area contributed by atoms with Crippen LogP contribution in [0.2, 0.25) is 0 Å². The molecule has 1 atom stereocenters. The van der Waals surface area contributed by atoms with Crippen LogP contribution < -0.4 is 5.32 Å². The molecule has 1 rings (SSSR count). The summed E-state index contributed by atoms with van der Waals surface area (Å²) in [6.45, 7) is 2.21. The molecule has 1 aromatic rings. The Morgan fingerprint density at radius 3 is 2.62 bits per heavy atom. The molecule has 0 aromatic carbocycles. The standard InChI is InChI=1S/C9H13Br2NS/c1-3-4-7(12-2)6-5-8(10)13-9(6)11/h5,7,12H,3-4H2,1-2H3. The largest absolute Gasteiger partial charge is 0.313 e. The number of halogens is 2. The van der Waals surface area contributed by atoms with Gasteiger partial charge in [0.15, 0.2) is 0 Å². The molecule has 74 valence electrons. The molecule has 0 aliphatic carbocycles. The van der Waals surface area contributed by atoms with Gasteiger partial charge in [-0.25, -0.2) is 0 Å². The highest BCUT2D eigenvalue weighted by atomic mass is 79.9. The van der Waals surface area contributed by atoms with Gasteiger partial charge in [0.25, 0.3) is 0 Å². The van der Waals surface area contributed by atoms with E-state index in [4.69, 9.17) is 0 Å². The number of rotatable bonds is 4. The average molecular weight is 327 g/mol. The van der Waals surface area contributed by atoms with Crippen molar-refractivity contribution >= 4 is 43.2 Å². The maximum absolute atomic E-state index is 3.58. The molecule has 0 fully saturated rings. The summed E-state index contributed by atoms with van der Waals surface area (Å²) in [7, 11) is 2.01. The second kappa shape index (κ2) is 5.49. The van der Waals surface area contributed by atoms with Gasteiger partial charge in [0.2, 0.25) is 0 Å². The summed E-state index contributed by atoms with van der Waals surface area (Å²) < 4.78 is 2.41. The minimum absolute atomic E-state index is 0.474. The fourth-order valence-corrected chi connectivity index (χ4v) is 4.31. The van der Waals surface area contributed by atoms with Crippen molar-refractivity contribution in [1.29, 1.82) is 0 Å². The van der Waals surface area contributed by atoms with Crippen molar-refractivity contribution in [2.75, 3.05) is 7.05 Å². The number of hydrogen-bond donors (Lipinski definition) is 1. The minimum atomic E-state index is 0.474. The van der Waals surface area contributed by atoms with Gasteiger partial charge in [0, 0.05) is 6.04 Å².